The van der Waals surface area contributed by atoms with Gasteiger partial charge in [0.1, 0.15) is 10.6 Å². The average molecular weight is 337 g/mol. The predicted octanol–water partition coefficient (Wildman–Crippen LogP) is 5.23. The van der Waals surface area contributed by atoms with E-state index in [1.165, 1.54) is 11.3 Å². The third kappa shape index (κ3) is 3.34. The van der Waals surface area contributed by atoms with Crippen LogP contribution in [0.4, 0.5) is 5.00 Å². The van der Waals surface area contributed by atoms with Crippen molar-refractivity contribution in [1.82, 2.24) is 0 Å². The fraction of sp³-hybridized carbons (Fsp3) is 0.150. The largest absolute Gasteiger partial charge is 0.459 e. The van der Waals surface area contributed by atoms with E-state index in [4.69, 9.17) is 10.5 Å². The molecule has 0 spiro atoms. The molecule has 4 heteroatoms. The van der Waals surface area contributed by atoms with Gasteiger partial charge in [-0.05, 0) is 30.5 Å². The lowest BCUT2D eigenvalue weighted by molar-refractivity contribution is 0.0380. The average Bonchev–Trinajstić information content (AvgIpc) is 2.97. The Bertz CT molecular complexity index is 836. The van der Waals surface area contributed by atoms with Gasteiger partial charge in [0, 0.05) is 10.9 Å². The number of thiophene rings is 1. The maximum absolute atomic E-state index is 12.3. The molecule has 0 bridgehead atoms. The highest BCUT2D eigenvalue weighted by molar-refractivity contribution is 7.14. The summed E-state index contributed by atoms with van der Waals surface area (Å²) < 4.78 is 5.32. The van der Waals surface area contributed by atoms with E-state index in [0.29, 0.717) is 10.6 Å². The Hall–Kier alpha value is -2.59. The molecule has 24 heavy (non-hydrogen) atoms. The molecule has 0 saturated carbocycles. The van der Waals surface area contributed by atoms with Crippen LogP contribution in [0.25, 0.3) is 22.3 Å². The Morgan fingerprint density at radius 2 is 1.54 bits per heavy atom. The first kappa shape index (κ1) is 16.3. The highest BCUT2D eigenvalue weighted by Crippen LogP contribution is 2.35. The molecular weight excluding hydrogens is 318 g/mol. The zero-order chi connectivity index (χ0) is 17.1. The summed E-state index contributed by atoms with van der Waals surface area (Å²) in [5, 5.41) is 2.40. The fourth-order valence-electron chi connectivity index (χ4n) is 2.54. The van der Waals surface area contributed by atoms with Crippen LogP contribution in [0.3, 0.4) is 0 Å². The van der Waals surface area contributed by atoms with Gasteiger partial charge in [-0.25, -0.2) is 4.79 Å². The molecule has 0 unspecified atom stereocenters. The molecule has 1 heterocycles. The summed E-state index contributed by atoms with van der Waals surface area (Å²) in [6.45, 7) is 3.66. The molecule has 2 aromatic carbocycles. The Balaban J connectivity index is 1.94. The fourth-order valence-corrected chi connectivity index (χ4v) is 3.35. The standard InChI is InChI=1S/C20H19NO2S/c1-13(2)23-20(22)18-17(12-24-19(18)21)16-10-8-15(9-11-16)14-6-4-3-5-7-14/h3-13H,21H2,1-2H3. The molecule has 0 fully saturated rings. The molecule has 0 aliphatic heterocycles. The summed E-state index contributed by atoms with van der Waals surface area (Å²) in [4.78, 5) is 12.3. The molecule has 0 saturated heterocycles. The Morgan fingerprint density at radius 1 is 0.958 bits per heavy atom. The quantitative estimate of drug-likeness (QED) is 0.663. The van der Waals surface area contributed by atoms with Crippen molar-refractivity contribution < 1.29 is 9.53 Å². The molecule has 0 radical (unpaired) electrons. The summed E-state index contributed by atoms with van der Waals surface area (Å²) >= 11 is 1.36. The second-order valence-corrected chi connectivity index (χ2v) is 6.70. The van der Waals surface area contributed by atoms with Crippen molar-refractivity contribution in [3.05, 3.63) is 65.5 Å². The third-order valence-electron chi connectivity index (χ3n) is 3.67. The molecule has 122 valence electrons. The van der Waals surface area contributed by atoms with Gasteiger partial charge < -0.3 is 10.5 Å². The van der Waals surface area contributed by atoms with Crippen LogP contribution < -0.4 is 5.73 Å². The van der Waals surface area contributed by atoms with E-state index < -0.39 is 0 Å². The van der Waals surface area contributed by atoms with Crippen molar-refractivity contribution in [2.24, 2.45) is 0 Å². The highest BCUT2D eigenvalue weighted by atomic mass is 32.1. The minimum absolute atomic E-state index is 0.176. The van der Waals surface area contributed by atoms with Crippen LogP contribution >= 0.6 is 11.3 Å². The van der Waals surface area contributed by atoms with Crippen molar-refractivity contribution >= 4 is 22.3 Å². The number of ether oxygens (including phenoxy) is 1. The van der Waals surface area contributed by atoms with E-state index in [0.717, 1.165) is 22.3 Å². The first-order valence-corrected chi connectivity index (χ1v) is 8.68. The second kappa shape index (κ2) is 6.89. The lowest BCUT2D eigenvalue weighted by Gasteiger charge is -2.10. The number of anilines is 1. The van der Waals surface area contributed by atoms with Gasteiger partial charge in [-0.3, -0.25) is 0 Å². The monoisotopic (exact) mass is 337 g/mol. The number of rotatable bonds is 4. The van der Waals surface area contributed by atoms with E-state index in [1.54, 1.807) is 0 Å². The summed E-state index contributed by atoms with van der Waals surface area (Å²) in [6, 6.07) is 18.3. The highest BCUT2D eigenvalue weighted by Gasteiger charge is 2.20. The number of esters is 1. The van der Waals surface area contributed by atoms with Crippen LogP contribution in [0.15, 0.2) is 60.0 Å². The van der Waals surface area contributed by atoms with Crippen LogP contribution in [0.5, 0.6) is 0 Å². The first-order valence-electron chi connectivity index (χ1n) is 7.80. The summed E-state index contributed by atoms with van der Waals surface area (Å²) in [6.07, 6.45) is -0.176. The number of nitrogen functional groups attached to an aromatic ring is 1. The van der Waals surface area contributed by atoms with Gasteiger partial charge in [0.25, 0.3) is 0 Å². The molecule has 0 amide bonds. The van der Waals surface area contributed by atoms with E-state index in [1.807, 2.05) is 49.6 Å². The molecule has 1 aromatic heterocycles. The van der Waals surface area contributed by atoms with Crippen LogP contribution in [0, 0.1) is 0 Å². The number of carbonyl (C=O) groups excluding carboxylic acids is 1. The second-order valence-electron chi connectivity index (χ2n) is 5.79. The Kier molecular flexibility index (Phi) is 4.67. The normalized spacial score (nSPS) is 10.8. The SMILES string of the molecule is CC(C)OC(=O)c1c(-c2ccc(-c3ccccc3)cc2)csc1N. The maximum Gasteiger partial charge on any atom is 0.342 e. The van der Waals surface area contributed by atoms with Crippen molar-refractivity contribution in [3.8, 4) is 22.3 Å². The molecule has 3 aromatic rings. The number of hydrogen-bond acceptors (Lipinski definition) is 4. The number of carbonyl (C=O) groups is 1. The van der Waals surface area contributed by atoms with E-state index in [2.05, 4.69) is 24.3 Å². The first-order chi connectivity index (χ1) is 11.6. The number of nitrogens with two attached hydrogens (primary N) is 1. The molecule has 0 aliphatic rings. The molecule has 0 atom stereocenters. The summed E-state index contributed by atoms with van der Waals surface area (Å²) in [7, 11) is 0. The van der Waals surface area contributed by atoms with Gasteiger partial charge in [0.15, 0.2) is 0 Å². The molecular formula is C20H19NO2S. The van der Waals surface area contributed by atoms with E-state index in [-0.39, 0.29) is 12.1 Å². The predicted molar refractivity (Wildman–Crippen MR) is 100 cm³/mol. The van der Waals surface area contributed by atoms with Crippen molar-refractivity contribution in [2.75, 3.05) is 5.73 Å². The lowest BCUT2D eigenvalue weighted by Crippen LogP contribution is -2.13. The van der Waals surface area contributed by atoms with Crippen LogP contribution in [-0.4, -0.2) is 12.1 Å². The zero-order valence-corrected chi connectivity index (χ0v) is 14.5. The van der Waals surface area contributed by atoms with Gasteiger partial charge in [-0.2, -0.15) is 0 Å². The minimum Gasteiger partial charge on any atom is -0.459 e. The van der Waals surface area contributed by atoms with Crippen molar-refractivity contribution in [3.63, 3.8) is 0 Å². The van der Waals surface area contributed by atoms with Gasteiger partial charge in [-0.15, -0.1) is 11.3 Å². The zero-order valence-electron chi connectivity index (χ0n) is 13.7. The van der Waals surface area contributed by atoms with Gasteiger partial charge in [0.05, 0.1) is 6.10 Å². The van der Waals surface area contributed by atoms with E-state index >= 15 is 0 Å². The van der Waals surface area contributed by atoms with Crippen LogP contribution in [-0.2, 0) is 4.74 Å². The van der Waals surface area contributed by atoms with Gasteiger partial charge in [0.2, 0.25) is 0 Å². The van der Waals surface area contributed by atoms with Crippen molar-refractivity contribution in [1.29, 1.82) is 0 Å². The van der Waals surface area contributed by atoms with Crippen LogP contribution in [0.2, 0.25) is 0 Å². The number of benzene rings is 2. The Labute approximate surface area is 145 Å². The van der Waals surface area contributed by atoms with Gasteiger partial charge in [-0.1, -0.05) is 54.6 Å². The van der Waals surface area contributed by atoms with Gasteiger partial charge >= 0.3 is 5.97 Å². The minimum atomic E-state index is -0.370. The molecule has 2 N–H and O–H groups in total. The topological polar surface area (TPSA) is 52.3 Å². The summed E-state index contributed by atoms with van der Waals surface area (Å²) in [5.74, 6) is -0.370. The Morgan fingerprint density at radius 3 is 2.17 bits per heavy atom. The molecule has 3 rings (SSSR count). The molecule has 0 aliphatic carbocycles. The number of hydrogen-bond donors (Lipinski definition) is 1. The van der Waals surface area contributed by atoms with E-state index in [9.17, 15) is 4.79 Å². The third-order valence-corrected chi connectivity index (χ3v) is 4.48. The molecule has 3 nitrogen and oxygen atoms in total. The van der Waals surface area contributed by atoms with Crippen LogP contribution in [0.1, 0.15) is 24.2 Å². The summed E-state index contributed by atoms with van der Waals surface area (Å²) in [5.41, 5.74) is 10.5. The van der Waals surface area contributed by atoms with Crippen molar-refractivity contribution in [2.45, 2.75) is 20.0 Å². The smallest absolute Gasteiger partial charge is 0.342 e. The lowest BCUT2D eigenvalue weighted by atomic mass is 9.99. The maximum atomic E-state index is 12.3.